The van der Waals surface area contributed by atoms with Crippen LogP contribution >= 0.6 is 11.3 Å². The molecule has 1 N–H and O–H groups in total. The summed E-state index contributed by atoms with van der Waals surface area (Å²) in [6.45, 7) is 4.14. The minimum atomic E-state index is -0.434. The van der Waals surface area contributed by atoms with E-state index in [2.05, 4.69) is 12.2 Å². The molecule has 1 amide bonds. The van der Waals surface area contributed by atoms with Crippen molar-refractivity contribution in [1.29, 1.82) is 0 Å². The zero-order valence-corrected chi connectivity index (χ0v) is 16.1. The van der Waals surface area contributed by atoms with E-state index in [0.29, 0.717) is 16.1 Å². The molecule has 27 heavy (non-hydrogen) atoms. The Balaban J connectivity index is 1.97. The number of carbonyl (C=O) groups is 2. The lowest BCUT2D eigenvalue weighted by Gasteiger charge is -2.09. The Hall–Kier alpha value is -2.92. The van der Waals surface area contributed by atoms with Crippen molar-refractivity contribution in [3.05, 3.63) is 76.7 Å². The molecule has 5 heteroatoms. The molecule has 0 spiro atoms. The Morgan fingerprint density at radius 1 is 1.00 bits per heavy atom. The van der Waals surface area contributed by atoms with Crippen molar-refractivity contribution in [3.63, 3.8) is 0 Å². The topological polar surface area (TPSA) is 55.4 Å². The van der Waals surface area contributed by atoms with Gasteiger partial charge in [-0.05, 0) is 36.6 Å². The predicted octanol–water partition coefficient (Wildman–Crippen LogP) is 5.41. The number of hydrogen-bond acceptors (Lipinski definition) is 4. The Morgan fingerprint density at radius 3 is 2.33 bits per heavy atom. The summed E-state index contributed by atoms with van der Waals surface area (Å²) in [5, 5.41) is 5.24. The Kier molecular flexibility index (Phi) is 6.04. The van der Waals surface area contributed by atoms with Gasteiger partial charge in [-0.15, -0.1) is 11.3 Å². The third-order valence-corrected chi connectivity index (χ3v) is 5.10. The molecule has 0 fully saturated rings. The maximum Gasteiger partial charge on any atom is 0.341 e. The third-order valence-electron chi connectivity index (χ3n) is 4.21. The second kappa shape index (κ2) is 8.64. The Bertz CT molecular complexity index is 930. The summed E-state index contributed by atoms with van der Waals surface area (Å²) in [5.41, 5.74) is 3.85. The number of nitrogens with one attached hydrogen (secondary N) is 1. The molecule has 0 saturated carbocycles. The van der Waals surface area contributed by atoms with E-state index in [1.165, 1.54) is 16.9 Å². The fourth-order valence-corrected chi connectivity index (χ4v) is 3.71. The largest absolute Gasteiger partial charge is 0.462 e. The molecule has 4 nitrogen and oxygen atoms in total. The SMILES string of the molecule is CCOC(=O)c1c(-c2ccc(CC)cc2)csc1NC(=O)c1ccccc1. The van der Waals surface area contributed by atoms with Gasteiger partial charge >= 0.3 is 5.97 Å². The first-order valence-electron chi connectivity index (χ1n) is 8.88. The molecule has 2 aromatic carbocycles. The van der Waals surface area contributed by atoms with Crippen LogP contribution in [0.15, 0.2) is 60.0 Å². The number of ether oxygens (including phenoxy) is 1. The zero-order chi connectivity index (χ0) is 19.2. The fraction of sp³-hybridized carbons (Fsp3) is 0.182. The molecule has 1 aromatic heterocycles. The van der Waals surface area contributed by atoms with Crippen LogP contribution in [-0.2, 0) is 11.2 Å². The maximum absolute atomic E-state index is 12.6. The number of benzene rings is 2. The van der Waals surface area contributed by atoms with E-state index in [4.69, 9.17) is 4.74 Å². The number of hydrogen-bond donors (Lipinski definition) is 1. The summed E-state index contributed by atoms with van der Waals surface area (Å²) in [7, 11) is 0. The molecule has 0 aliphatic carbocycles. The van der Waals surface area contributed by atoms with Gasteiger partial charge in [0.1, 0.15) is 10.6 Å². The molecule has 0 saturated heterocycles. The molecule has 138 valence electrons. The summed E-state index contributed by atoms with van der Waals surface area (Å²) in [6, 6.07) is 17.0. The second-order valence-corrected chi connectivity index (χ2v) is 6.82. The lowest BCUT2D eigenvalue weighted by atomic mass is 10.0. The highest BCUT2D eigenvalue weighted by Crippen LogP contribution is 2.36. The van der Waals surface area contributed by atoms with Gasteiger partial charge in [-0.1, -0.05) is 49.4 Å². The van der Waals surface area contributed by atoms with Crippen LogP contribution in [0.25, 0.3) is 11.1 Å². The van der Waals surface area contributed by atoms with Gasteiger partial charge < -0.3 is 10.1 Å². The maximum atomic E-state index is 12.6. The van der Waals surface area contributed by atoms with Gasteiger partial charge in [0, 0.05) is 16.5 Å². The van der Waals surface area contributed by atoms with Gasteiger partial charge in [-0.2, -0.15) is 0 Å². The van der Waals surface area contributed by atoms with Crippen molar-refractivity contribution >= 4 is 28.2 Å². The highest BCUT2D eigenvalue weighted by atomic mass is 32.1. The van der Waals surface area contributed by atoms with Crippen molar-refractivity contribution in [1.82, 2.24) is 0 Å². The summed E-state index contributed by atoms with van der Waals surface area (Å²) >= 11 is 1.33. The number of anilines is 1. The van der Waals surface area contributed by atoms with Crippen LogP contribution in [0.3, 0.4) is 0 Å². The average molecular weight is 379 g/mol. The second-order valence-electron chi connectivity index (χ2n) is 5.94. The molecule has 3 aromatic rings. The standard InChI is InChI=1S/C22H21NO3S/c1-3-15-10-12-16(13-11-15)18-14-27-21(19(18)22(25)26-4-2)23-20(24)17-8-6-5-7-9-17/h5-14H,3-4H2,1-2H3,(H,23,24). The smallest absolute Gasteiger partial charge is 0.341 e. The van der Waals surface area contributed by atoms with E-state index >= 15 is 0 Å². The molecule has 3 rings (SSSR count). The lowest BCUT2D eigenvalue weighted by molar-refractivity contribution is 0.0529. The number of thiophene rings is 1. The number of amides is 1. The van der Waals surface area contributed by atoms with E-state index in [9.17, 15) is 9.59 Å². The van der Waals surface area contributed by atoms with Crippen LogP contribution in [0.5, 0.6) is 0 Å². The van der Waals surface area contributed by atoms with Gasteiger partial charge in [-0.3, -0.25) is 4.79 Å². The summed E-state index contributed by atoms with van der Waals surface area (Å²) in [6.07, 6.45) is 0.951. The summed E-state index contributed by atoms with van der Waals surface area (Å²) < 4.78 is 5.24. The summed E-state index contributed by atoms with van der Waals surface area (Å²) in [5.74, 6) is -0.687. The predicted molar refractivity (Wildman–Crippen MR) is 109 cm³/mol. The normalized spacial score (nSPS) is 10.4. The van der Waals surface area contributed by atoms with E-state index < -0.39 is 5.97 Å². The van der Waals surface area contributed by atoms with Gasteiger partial charge in [-0.25, -0.2) is 4.79 Å². The minimum absolute atomic E-state index is 0.254. The molecule has 0 bridgehead atoms. The Morgan fingerprint density at radius 2 is 1.70 bits per heavy atom. The number of aryl methyl sites for hydroxylation is 1. The van der Waals surface area contributed by atoms with Crippen molar-refractivity contribution in [2.75, 3.05) is 11.9 Å². The van der Waals surface area contributed by atoms with Crippen LogP contribution in [0.4, 0.5) is 5.00 Å². The van der Waals surface area contributed by atoms with Crippen LogP contribution in [-0.4, -0.2) is 18.5 Å². The van der Waals surface area contributed by atoms with E-state index in [1.54, 1.807) is 31.2 Å². The first-order valence-corrected chi connectivity index (χ1v) is 9.76. The first-order chi connectivity index (χ1) is 13.1. The average Bonchev–Trinajstić information content (AvgIpc) is 3.12. The van der Waals surface area contributed by atoms with Crippen molar-refractivity contribution in [2.45, 2.75) is 20.3 Å². The Labute approximate surface area is 162 Å². The molecule has 0 atom stereocenters. The zero-order valence-electron chi connectivity index (χ0n) is 15.3. The van der Waals surface area contributed by atoms with Gasteiger partial charge in [0.2, 0.25) is 0 Å². The highest BCUT2D eigenvalue weighted by Gasteiger charge is 2.23. The van der Waals surface area contributed by atoms with Gasteiger partial charge in [0.05, 0.1) is 6.61 Å². The lowest BCUT2D eigenvalue weighted by Crippen LogP contribution is -2.14. The van der Waals surface area contributed by atoms with E-state index in [-0.39, 0.29) is 12.5 Å². The highest BCUT2D eigenvalue weighted by molar-refractivity contribution is 7.15. The third kappa shape index (κ3) is 4.26. The molecule has 0 radical (unpaired) electrons. The number of esters is 1. The van der Waals surface area contributed by atoms with Crippen LogP contribution < -0.4 is 5.32 Å². The van der Waals surface area contributed by atoms with E-state index in [0.717, 1.165) is 17.5 Å². The number of carbonyl (C=O) groups excluding carboxylic acids is 2. The molecule has 0 aliphatic rings. The molecule has 0 unspecified atom stereocenters. The van der Waals surface area contributed by atoms with Crippen LogP contribution in [0, 0.1) is 0 Å². The molecule has 0 aliphatic heterocycles. The van der Waals surface area contributed by atoms with E-state index in [1.807, 2.05) is 35.7 Å². The van der Waals surface area contributed by atoms with Crippen molar-refractivity contribution < 1.29 is 14.3 Å². The monoisotopic (exact) mass is 379 g/mol. The summed E-state index contributed by atoms with van der Waals surface area (Å²) in [4.78, 5) is 25.1. The molecular formula is C22H21NO3S. The fourth-order valence-electron chi connectivity index (χ4n) is 2.75. The quantitative estimate of drug-likeness (QED) is 0.583. The van der Waals surface area contributed by atoms with Crippen LogP contribution in [0.2, 0.25) is 0 Å². The van der Waals surface area contributed by atoms with Gasteiger partial charge in [0.15, 0.2) is 0 Å². The first kappa shape index (κ1) is 18.9. The van der Waals surface area contributed by atoms with Crippen molar-refractivity contribution in [2.24, 2.45) is 0 Å². The number of rotatable bonds is 6. The van der Waals surface area contributed by atoms with Gasteiger partial charge in [0.25, 0.3) is 5.91 Å². The minimum Gasteiger partial charge on any atom is -0.462 e. The van der Waals surface area contributed by atoms with Crippen molar-refractivity contribution in [3.8, 4) is 11.1 Å². The molecular weight excluding hydrogens is 358 g/mol. The van der Waals surface area contributed by atoms with Crippen LogP contribution in [0.1, 0.15) is 40.1 Å². The molecule has 1 heterocycles.